The van der Waals surface area contributed by atoms with Crippen molar-refractivity contribution in [2.75, 3.05) is 13.2 Å². The quantitative estimate of drug-likeness (QED) is 0.345. The molecule has 1 aliphatic rings. The Bertz CT molecular complexity index is 1390. The second kappa shape index (κ2) is 11.4. The van der Waals surface area contributed by atoms with Crippen molar-refractivity contribution in [1.29, 1.82) is 0 Å². The lowest BCUT2D eigenvalue weighted by Gasteiger charge is -2.30. The second-order valence-corrected chi connectivity index (χ2v) is 10.2. The van der Waals surface area contributed by atoms with Crippen molar-refractivity contribution in [2.45, 2.75) is 71.7 Å². The average Bonchev–Trinajstić information content (AvgIpc) is 3.57. The molecule has 1 saturated heterocycles. The van der Waals surface area contributed by atoms with E-state index in [-0.39, 0.29) is 17.7 Å². The number of fused-ring (bicyclic) bond motifs is 1. The van der Waals surface area contributed by atoms with E-state index in [1.807, 2.05) is 23.7 Å². The molecule has 2 aromatic heterocycles. The second-order valence-electron chi connectivity index (χ2n) is 10.2. The Labute approximate surface area is 217 Å². The summed E-state index contributed by atoms with van der Waals surface area (Å²) in [5.41, 5.74) is 5.14. The van der Waals surface area contributed by atoms with Crippen molar-refractivity contribution in [2.24, 2.45) is 0 Å². The smallest absolute Gasteiger partial charge is 0.252 e. The van der Waals surface area contributed by atoms with Crippen LogP contribution in [-0.4, -0.2) is 49.3 Å². The molecule has 0 aliphatic carbocycles. The van der Waals surface area contributed by atoms with Crippen LogP contribution in [-0.2, 0) is 24.2 Å². The first-order valence-corrected chi connectivity index (χ1v) is 13.3. The van der Waals surface area contributed by atoms with Gasteiger partial charge in [0.2, 0.25) is 0 Å². The molecule has 8 nitrogen and oxygen atoms in total. The van der Waals surface area contributed by atoms with Gasteiger partial charge in [-0.15, -0.1) is 5.10 Å². The van der Waals surface area contributed by atoms with Crippen LogP contribution in [0.3, 0.4) is 0 Å². The number of hydrogen-bond donors (Lipinski definition) is 1. The number of aryl methyl sites for hydroxylation is 2. The lowest BCUT2D eigenvalue weighted by atomic mass is 10.0. The fraction of sp³-hybridized carbons (Fsp3) is 0.448. The van der Waals surface area contributed by atoms with Crippen LogP contribution in [0, 0.1) is 13.8 Å². The number of hydrogen-bond acceptors (Lipinski definition) is 6. The third kappa shape index (κ3) is 5.81. The summed E-state index contributed by atoms with van der Waals surface area (Å²) in [6.45, 7) is 9.02. The highest BCUT2D eigenvalue weighted by atomic mass is 16.5. The molecule has 0 unspecified atom stereocenters. The van der Waals surface area contributed by atoms with E-state index in [9.17, 15) is 4.79 Å². The van der Waals surface area contributed by atoms with Crippen molar-refractivity contribution < 1.29 is 4.74 Å². The van der Waals surface area contributed by atoms with E-state index >= 15 is 0 Å². The van der Waals surface area contributed by atoms with Gasteiger partial charge in [0.1, 0.15) is 0 Å². The fourth-order valence-electron chi connectivity index (χ4n) is 5.50. The first-order valence-electron chi connectivity index (χ1n) is 13.3. The molecule has 2 aromatic carbocycles. The summed E-state index contributed by atoms with van der Waals surface area (Å²) in [7, 11) is 0. The highest BCUT2D eigenvalue weighted by Crippen LogP contribution is 2.26. The molecule has 0 amide bonds. The van der Waals surface area contributed by atoms with Crippen molar-refractivity contribution in [3.63, 3.8) is 0 Å². The van der Waals surface area contributed by atoms with Crippen LogP contribution in [0.25, 0.3) is 10.9 Å². The van der Waals surface area contributed by atoms with Gasteiger partial charge in [0, 0.05) is 25.3 Å². The minimum absolute atomic E-state index is 0.0329. The maximum atomic E-state index is 13.2. The molecule has 5 rings (SSSR count). The Kier molecular flexibility index (Phi) is 7.76. The predicted molar refractivity (Wildman–Crippen MR) is 144 cm³/mol. The standard InChI is InChI=1S/C29H36N6O2/c1-4-26(28-31-32-33-35(28)19-25-11-8-14-37-25)34(13-12-22-9-6-5-7-10-22)18-24-17-23-16-20(2)15-21(3)27(23)30-29(24)36/h5-7,9-10,15-17,25-26H,4,8,11-14,18-19H2,1-3H3,(H,30,36)/t25-,26+/m0/s1. The van der Waals surface area contributed by atoms with E-state index in [2.05, 4.69) is 75.7 Å². The number of nitrogens with zero attached hydrogens (tertiary/aromatic N) is 5. The van der Waals surface area contributed by atoms with Crippen molar-refractivity contribution in [1.82, 2.24) is 30.1 Å². The molecule has 4 aromatic rings. The molecule has 37 heavy (non-hydrogen) atoms. The SMILES string of the molecule is CC[C@H](c1nnnn1C[C@@H]1CCCO1)N(CCc1ccccc1)Cc1cc2cc(C)cc(C)c2[nH]c1=O. The van der Waals surface area contributed by atoms with Crippen molar-refractivity contribution >= 4 is 10.9 Å². The summed E-state index contributed by atoms with van der Waals surface area (Å²) in [4.78, 5) is 18.7. The first kappa shape index (κ1) is 25.3. The molecule has 0 spiro atoms. The number of pyridine rings is 1. The number of tetrazole rings is 1. The minimum Gasteiger partial charge on any atom is -0.376 e. The molecule has 0 bridgehead atoms. The van der Waals surface area contributed by atoms with Gasteiger partial charge in [-0.05, 0) is 78.6 Å². The largest absolute Gasteiger partial charge is 0.376 e. The summed E-state index contributed by atoms with van der Waals surface area (Å²) < 4.78 is 7.76. The van der Waals surface area contributed by atoms with Crippen molar-refractivity contribution in [3.8, 4) is 0 Å². The zero-order valence-corrected chi connectivity index (χ0v) is 22.0. The average molecular weight is 501 g/mol. The zero-order chi connectivity index (χ0) is 25.8. The normalized spacial score (nSPS) is 16.6. The van der Waals surface area contributed by atoms with Crippen LogP contribution in [0.15, 0.2) is 53.3 Å². The molecule has 8 heteroatoms. The number of rotatable bonds is 10. The van der Waals surface area contributed by atoms with Crippen LogP contribution in [0.1, 0.15) is 60.3 Å². The third-order valence-electron chi connectivity index (χ3n) is 7.36. The van der Waals surface area contributed by atoms with Gasteiger partial charge >= 0.3 is 0 Å². The fourth-order valence-corrected chi connectivity index (χ4v) is 5.50. The van der Waals surface area contributed by atoms with Crippen LogP contribution in [0.5, 0.6) is 0 Å². The van der Waals surface area contributed by atoms with E-state index in [0.29, 0.717) is 13.1 Å². The van der Waals surface area contributed by atoms with Gasteiger partial charge in [-0.3, -0.25) is 9.69 Å². The molecule has 1 N–H and O–H groups in total. The van der Waals surface area contributed by atoms with Crippen LogP contribution >= 0.6 is 0 Å². The van der Waals surface area contributed by atoms with Crippen LogP contribution in [0.4, 0.5) is 0 Å². The van der Waals surface area contributed by atoms with Crippen molar-refractivity contribution in [3.05, 3.63) is 87.0 Å². The molecule has 2 atom stereocenters. The van der Waals surface area contributed by atoms with Gasteiger partial charge in [-0.25, -0.2) is 4.68 Å². The zero-order valence-electron chi connectivity index (χ0n) is 22.0. The molecular weight excluding hydrogens is 464 g/mol. The number of nitrogens with one attached hydrogen (secondary N) is 1. The van der Waals surface area contributed by atoms with E-state index in [1.54, 1.807) is 0 Å². The first-order chi connectivity index (χ1) is 18.0. The molecule has 0 radical (unpaired) electrons. The summed E-state index contributed by atoms with van der Waals surface area (Å²) in [6.07, 6.45) is 3.94. The Morgan fingerprint density at radius 2 is 2.03 bits per heavy atom. The van der Waals surface area contributed by atoms with Gasteiger partial charge in [0.15, 0.2) is 5.82 Å². The summed E-state index contributed by atoms with van der Waals surface area (Å²) in [5.74, 6) is 0.829. The Morgan fingerprint density at radius 1 is 1.19 bits per heavy atom. The summed E-state index contributed by atoms with van der Waals surface area (Å²) >= 11 is 0. The van der Waals surface area contributed by atoms with Gasteiger partial charge in [-0.1, -0.05) is 48.9 Å². The molecule has 1 aliphatic heterocycles. The third-order valence-corrected chi connectivity index (χ3v) is 7.36. The Hall–Kier alpha value is -3.36. The highest BCUT2D eigenvalue weighted by Gasteiger charge is 2.27. The monoisotopic (exact) mass is 500 g/mol. The number of ether oxygens (including phenoxy) is 1. The topological polar surface area (TPSA) is 88.9 Å². The number of H-pyrrole nitrogens is 1. The lowest BCUT2D eigenvalue weighted by molar-refractivity contribution is 0.0893. The van der Waals surface area contributed by atoms with Crippen LogP contribution < -0.4 is 5.56 Å². The number of aromatic amines is 1. The summed E-state index contributed by atoms with van der Waals surface area (Å²) in [5, 5.41) is 13.9. The molecule has 0 saturated carbocycles. The lowest BCUT2D eigenvalue weighted by Crippen LogP contribution is -2.34. The van der Waals surface area contributed by atoms with Gasteiger partial charge < -0.3 is 9.72 Å². The number of benzene rings is 2. The summed E-state index contributed by atoms with van der Waals surface area (Å²) in [6, 6.07) is 16.7. The van der Waals surface area contributed by atoms with Gasteiger partial charge in [0.05, 0.1) is 24.2 Å². The van der Waals surface area contributed by atoms with E-state index in [0.717, 1.165) is 66.7 Å². The van der Waals surface area contributed by atoms with E-state index < -0.39 is 0 Å². The Balaban J connectivity index is 1.47. The van der Waals surface area contributed by atoms with Gasteiger partial charge in [-0.2, -0.15) is 0 Å². The van der Waals surface area contributed by atoms with Gasteiger partial charge in [0.25, 0.3) is 5.56 Å². The minimum atomic E-state index is -0.0436. The maximum absolute atomic E-state index is 13.2. The highest BCUT2D eigenvalue weighted by molar-refractivity contribution is 5.82. The van der Waals surface area contributed by atoms with E-state index in [4.69, 9.17) is 4.74 Å². The Morgan fingerprint density at radius 3 is 2.78 bits per heavy atom. The molecular formula is C29H36N6O2. The molecule has 194 valence electrons. The molecule has 3 heterocycles. The predicted octanol–water partition coefficient (Wildman–Crippen LogP) is 4.51. The van der Waals surface area contributed by atoms with Crippen LogP contribution in [0.2, 0.25) is 0 Å². The molecule has 1 fully saturated rings. The number of aromatic nitrogens is 5. The maximum Gasteiger partial charge on any atom is 0.252 e. The van der Waals surface area contributed by atoms with E-state index in [1.165, 1.54) is 11.1 Å².